The van der Waals surface area contributed by atoms with Gasteiger partial charge in [-0.1, -0.05) is 24.6 Å². The van der Waals surface area contributed by atoms with E-state index in [-0.39, 0.29) is 12.0 Å². The lowest BCUT2D eigenvalue weighted by Crippen LogP contribution is -2.55. The topological polar surface area (TPSA) is 47.4 Å². The molecule has 0 radical (unpaired) electrons. The molecule has 0 unspecified atom stereocenters. The number of rotatable bonds is 4. The van der Waals surface area contributed by atoms with Crippen molar-refractivity contribution in [3.63, 3.8) is 0 Å². The molecule has 5 nitrogen and oxygen atoms in total. The Labute approximate surface area is 135 Å². The number of carbonyl (C=O) groups excluding carboxylic acids is 1. The van der Waals surface area contributed by atoms with Crippen molar-refractivity contribution in [3.8, 4) is 0 Å². The Bertz CT molecular complexity index is 541. The van der Waals surface area contributed by atoms with Gasteiger partial charge >= 0.3 is 0 Å². The van der Waals surface area contributed by atoms with Gasteiger partial charge in [-0.15, -0.1) is 0 Å². The zero-order chi connectivity index (χ0) is 14.9. The molecule has 2 atom stereocenters. The molecule has 2 heterocycles. The van der Waals surface area contributed by atoms with Crippen LogP contribution in [0.25, 0.3) is 0 Å². The van der Waals surface area contributed by atoms with Crippen LogP contribution in [0.2, 0.25) is 0 Å². The molecule has 1 aromatic heterocycles. The zero-order valence-electron chi connectivity index (χ0n) is 12.8. The molecule has 1 aliphatic heterocycles. The van der Waals surface area contributed by atoms with E-state index < -0.39 is 0 Å². The Balaban J connectivity index is 1.37. The summed E-state index contributed by atoms with van der Waals surface area (Å²) in [6.07, 6.45) is 11.3. The van der Waals surface area contributed by atoms with E-state index >= 15 is 0 Å². The first-order valence-electron chi connectivity index (χ1n) is 8.39. The van der Waals surface area contributed by atoms with E-state index in [0.717, 1.165) is 24.5 Å². The monoisotopic (exact) mass is 321 g/mol. The maximum atomic E-state index is 12.7. The van der Waals surface area contributed by atoms with Gasteiger partial charge in [0.05, 0.1) is 24.5 Å². The highest BCUT2D eigenvalue weighted by atomic mass is 32.2. The maximum Gasteiger partial charge on any atom is 0.233 e. The number of imidazole rings is 1. The van der Waals surface area contributed by atoms with Gasteiger partial charge in [0, 0.05) is 25.0 Å². The minimum atomic E-state index is 0.246. The number of hydrogen-bond acceptors (Lipinski definition) is 4. The normalized spacial score (nSPS) is 28.5. The minimum absolute atomic E-state index is 0.246. The number of ether oxygens (including phenoxy) is 1. The van der Waals surface area contributed by atoms with Crippen molar-refractivity contribution in [3.05, 3.63) is 12.4 Å². The first-order valence-corrected chi connectivity index (χ1v) is 9.38. The van der Waals surface area contributed by atoms with E-state index in [4.69, 9.17) is 4.74 Å². The molecule has 0 spiro atoms. The second kappa shape index (κ2) is 6.24. The van der Waals surface area contributed by atoms with Crippen LogP contribution in [0.15, 0.2) is 17.6 Å². The minimum Gasteiger partial charge on any atom is -0.374 e. The van der Waals surface area contributed by atoms with Gasteiger partial charge < -0.3 is 14.2 Å². The van der Waals surface area contributed by atoms with Crippen LogP contribution >= 0.6 is 11.8 Å². The van der Waals surface area contributed by atoms with E-state index in [2.05, 4.69) is 14.5 Å². The van der Waals surface area contributed by atoms with Crippen LogP contribution in [0.4, 0.5) is 0 Å². The number of morpholine rings is 1. The summed E-state index contributed by atoms with van der Waals surface area (Å²) in [5, 5.41) is 0.990. The second-order valence-corrected chi connectivity index (χ2v) is 7.43. The summed E-state index contributed by atoms with van der Waals surface area (Å²) in [5.74, 6) is 0.739. The predicted molar refractivity (Wildman–Crippen MR) is 84.9 cm³/mol. The SMILES string of the molecule is O=C(CSc1nccn1C1CC1)N1CCO[C@H]2CCCC[C@@H]21. The lowest BCUT2D eigenvalue weighted by atomic mass is 9.90. The van der Waals surface area contributed by atoms with Crippen molar-refractivity contribution in [2.24, 2.45) is 0 Å². The molecule has 6 heteroatoms. The first-order chi connectivity index (χ1) is 10.8. The van der Waals surface area contributed by atoms with Crippen molar-refractivity contribution < 1.29 is 9.53 Å². The van der Waals surface area contributed by atoms with Crippen molar-refractivity contribution in [1.82, 2.24) is 14.5 Å². The Morgan fingerprint density at radius 2 is 2.18 bits per heavy atom. The zero-order valence-corrected chi connectivity index (χ0v) is 13.6. The molecule has 4 rings (SSSR count). The molecule has 22 heavy (non-hydrogen) atoms. The third-order valence-corrected chi connectivity index (χ3v) is 5.92. The van der Waals surface area contributed by atoms with Gasteiger partial charge in [0.1, 0.15) is 0 Å². The van der Waals surface area contributed by atoms with Gasteiger partial charge in [0.15, 0.2) is 5.16 Å². The number of carbonyl (C=O) groups is 1. The Morgan fingerprint density at radius 3 is 3.05 bits per heavy atom. The average molecular weight is 321 g/mol. The van der Waals surface area contributed by atoms with E-state index in [1.54, 1.807) is 11.8 Å². The molecule has 2 saturated carbocycles. The van der Waals surface area contributed by atoms with Crippen molar-refractivity contribution in [1.29, 1.82) is 0 Å². The molecule has 1 saturated heterocycles. The second-order valence-electron chi connectivity index (χ2n) is 6.49. The third kappa shape index (κ3) is 2.91. The van der Waals surface area contributed by atoms with E-state index in [9.17, 15) is 4.79 Å². The summed E-state index contributed by atoms with van der Waals surface area (Å²) in [6, 6.07) is 0.921. The van der Waals surface area contributed by atoms with Crippen LogP contribution in [-0.4, -0.2) is 51.4 Å². The smallest absolute Gasteiger partial charge is 0.233 e. The lowest BCUT2D eigenvalue weighted by molar-refractivity contribution is -0.146. The Hall–Kier alpha value is -1.01. The quantitative estimate of drug-likeness (QED) is 0.799. The van der Waals surface area contributed by atoms with Gasteiger partial charge in [-0.3, -0.25) is 4.79 Å². The fraction of sp³-hybridized carbons (Fsp3) is 0.750. The maximum absolute atomic E-state index is 12.7. The molecule has 0 N–H and O–H groups in total. The Kier molecular flexibility index (Phi) is 4.13. The molecule has 1 amide bonds. The van der Waals surface area contributed by atoms with Crippen LogP contribution in [0.1, 0.15) is 44.6 Å². The summed E-state index contributed by atoms with van der Waals surface area (Å²) in [7, 11) is 0. The van der Waals surface area contributed by atoms with Gasteiger partial charge in [-0.2, -0.15) is 0 Å². The summed E-state index contributed by atoms with van der Waals surface area (Å²) in [5.41, 5.74) is 0. The summed E-state index contributed by atoms with van der Waals surface area (Å²) in [6.45, 7) is 1.44. The van der Waals surface area contributed by atoms with E-state index in [1.165, 1.54) is 25.7 Å². The third-order valence-electron chi connectivity index (χ3n) is 4.95. The number of hydrogen-bond donors (Lipinski definition) is 0. The molecule has 0 bridgehead atoms. The van der Waals surface area contributed by atoms with Gasteiger partial charge in [-0.05, 0) is 25.7 Å². The number of nitrogens with zero attached hydrogens (tertiary/aromatic N) is 3. The fourth-order valence-electron chi connectivity index (χ4n) is 3.66. The van der Waals surface area contributed by atoms with Crippen LogP contribution in [0.5, 0.6) is 0 Å². The molecular formula is C16H23N3O2S. The molecule has 1 aromatic rings. The predicted octanol–water partition coefficient (Wildman–Crippen LogP) is 2.48. The fourth-order valence-corrected chi connectivity index (χ4v) is 4.57. The number of fused-ring (bicyclic) bond motifs is 1. The molecule has 3 aliphatic rings. The summed E-state index contributed by atoms with van der Waals surface area (Å²) < 4.78 is 8.08. The van der Waals surface area contributed by atoms with Crippen molar-refractivity contribution in [2.75, 3.05) is 18.9 Å². The van der Waals surface area contributed by atoms with E-state index in [0.29, 0.717) is 24.4 Å². The van der Waals surface area contributed by atoms with Gasteiger partial charge in [0.25, 0.3) is 0 Å². The number of thioether (sulfide) groups is 1. The number of aromatic nitrogens is 2. The van der Waals surface area contributed by atoms with Gasteiger partial charge in [0.2, 0.25) is 5.91 Å². The van der Waals surface area contributed by atoms with Crippen LogP contribution in [0, 0.1) is 0 Å². The molecular weight excluding hydrogens is 298 g/mol. The highest BCUT2D eigenvalue weighted by Crippen LogP contribution is 2.37. The largest absolute Gasteiger partial charge is 0.374 e. The molecule has 2 aliphatic carbocycles. The highest BCUT2D eigenvalue weighted by molar-refractivity contribution is 7.99. The summed E-state index contributed by atoms with van der Waals surface area (Å²) in [4.78, 5) is 19.1. The van der Waals surface area contributed by atoms with Crippen molar-refractivity contribution >= 4 is 17.7 Å². The highest BCUT2D eigenvalue weighted by Gasteiger charge is 2.36. The van der Waals surface area contributed by atoms with Crippen LogP contribution < -0.4 is 0 Å². The molecule has 3 fully saturated rings. The van der Waals surface area contributed by atoms with E-state index in [1.807, 2.05) is 12.4 Å². The van der Waals surface area contributed by atoms with Gasteiger partial charge in [-0.25, -0.2) is 4.98 Å². The average Bonchev–Trinajstić information content (AvgIpc) is 3.30. The number of amides is 1. The van der Waals surface area contributed by atoms with Crippen LogP contribution in [0.3, 0.4) is 0 Å². The molecule has 120 valence electrons. The lowest BCUT2D eigenvalue weighted by Gasteiger charge is -2.43. The summed E-state index contributed by atoms with van der Waals surface area (Å²) >= 11 is 1.58. The van der Waals surface area contributed by atoms with Crippen molar-refractivity contribution in [2.45, 2.75) is 61.9 Å². The molecule has 0 aromatic carbocycles. The van der Waals surface area contributed by atoms with Crippen LogP contribution in [-0.2, 0) is 9.53 Å². The first kappa shape index (κ1) is 14.6. The Morgan fingerprint density at radius 1 is 1.32 bits per heavy atom. The standard InChI is InChI=1S/C16H23N3O2S/c20-15(11-22-16-17-7-8-18(16)12-5-6-12)19-9-10-21-14-4-2-1-3-13(14)19/h7-8,12-14H,1-6,9-11H2/t13-,14-/m0/s1.